The summed E-state index contributed by atoms with van der Waals surface area (Å²) < 4.78 is 52.5. The Bertz CT molecular complexity index is 1410. The molecule has 1 heterocycles. The van der Waals surface area contributed by atoms with E-state index < -0.39 is 17.5 Å². The Morgan fingerprint density at radius 2 is 1.76 bits per heavy atom. The van der Waals surface area contributed by atoms with Gasteiger partial charge in [-0.15, -0.1) is 0 Å². The van der Waals surface area contributed by atoms with Crippen LogP contribution in [0.5, 0.6) is 5.75 Å². The first-order chi connectivity index (χ1) is 16.3. The van der Waals surface area contributed by atoms with Crippen LogP contribution in [0.4, 0.5) is 18.9 Å². The molecule has 0 spiro atoms. The number of rotatable bonds is 6. The maximum Gasteiger partial charge on any atom is 0.248 e. The normalized spacial score (nSPS) is 11.6. The molecule has 7 heteroatoms. The molecule has 4 rings (SSSR count). The standard InChI is InChI=1S/C27H22F3NO3/c1-4-33-26-16(3)27-21(22(14-34-27)17-5-7-18(28)8-6-17)13-20(26)15(2)11-25(32)31-24-12-19(29)9-10-23(24)30/h5-14H,4H2,1-3H3,(H,31,32)/b15-11+. The van der Waals surface area contributed by atoms with Gasteiger partial charge in [0.1, 0.15) is 28.8 Å². The minimum Gasteiger partial charge on any atom is -0.493 e. The van der Waals surface area contributed by atoms with Crippen LogP contribution in [0.15, 0.2) is 65.3 Å². The SMILES string of the molecule is CCOc1c(/C(C)=C/C(=O)Nc2cc(F)ccc2F)cc2c(-c3ccc(F)cc3)coc2c1C. The van der Waals surface area contributed by atoms with Gasteiger partial charge in [0.25, 0.3) is 0 Å². The molecule has 4 nitrogen and oxygen atoms in total. The zero-order chi connectivity index (χ0) is 24.4. The van der Waals surface area contributed by atoms with Crippen LogP contribution in [-0.4, -0.2) is 12.5 Å². The van der Waals surface area contributed by atoms with Crippen LogP contribution in [0, 0.1) is 24.4 Å². The summed E-state index contributed by atoms with van der Waals surface area (Å²) in [6, 6.07) is 10.7. The number of fused-ring (bicyclic) bond motifs is 1. The number of halogens is 3. The minimum absolute atomic E-state index is 0.251. The number of aryl methyl sites for hydroxylation is 1. The van der Waals surface area contributed by atoms with Crippen molar-refractivity contribution in [2.45, 2.75) is 20.8 Å². The maximum atomic E-state index is 13.9. The molecule has 174 valence electrons. The molecule has 1 aromatic heterocycles. The summed E-state index contributed by atoms with van der Waals surface area (Å²) >= 11 is 0. The van der Waals surface area contributed by atoms with Crippen molar-refractivity contribution in [3.63, 3.8) is 0 Å². The summed E-state index contributed by atoms with van der Waals surface area (Å²) in [6.45, 7) is 5.81. The lowest BCUT2D eigenvalue weighted by Crippen LogP contribution is -2.10. The Morgan fingerprint density at radius 3 is 2.47 bits per heavy atom. The van der Waals surface area contributed by atoms with E-state index in [1.807, 2.05) is 19.9 Å². The summed E-state index contributed by atoms with van der Waals surface area (Å²) in [5.74, 6) is -1.81. The van der Waals surface area contributed by atoms with Crippen molar-refractivity contribution in [1.29, 1.82) is 0 Å². The van der Waals surface area contributed by atoms with E-state index in [2.05, 4.69) is 5.32 Å². The van der Waals surface area contributed by atoms with Gasteiger partial charge in [0.05, 0.1) is 18.6 Å². The third-order valence-electron chi connectivity index (χ3n) is 5.45. The van der Waals surface area contributed by atoms with E-state index in [0.29, 0.717) is 29.1 Å². The number of amides is 1. The molecule has 0 unspecified atom stereocenters. The summed E-state index contributed by atoms with van der Waals surface area (Å²) in [6.07, 6.45) is 2.90. The number of carbonyl (C=O) groups excluding carboxylic acids is 1. The van der Waals surface area contributed by atoms with Crippen molar-refractivity contribution < 1.29 is 27.1 Å². The van der Waals surface area contributed by atoms with Crippen LogP contribution < -0.4 is 10.1 Å². The Kier molecular flexibility index (Phi) is 6.45. The highest BCUT2D eigenvalue weighted by atomic mass is 19.1. The van der Waals surface area contributed by atoms with Crippen LogP contribution in [0.1, 0.15) is 25.0 Å². The Labute approximate surface area is 194 Å². The van der Waals surface area contributed by atoms with Gasteiger partial charge >= 0.3 is 0 Å². The smallest absolute Gasteiger partial charge is 0.248 e. The molecule has 0 bridgehead atoms. The van der Waals surface area contributed by atoms with Crippen LogP contribution in [0.2, 0.25) is 0 Å². The van der Waals surface area contributed by atoms with Gasteiger partial charge in [-0.25, -0.2) is 13.2 Å². The fraction of sp³-hybridized carbons (Fsp3) is 0.148. The third-order valence-corrected chi connectivity index (χ3v) is 5.45. The first-order valence-electron chi connectivity index (χ1n) is 10.7. The lowest BCUT2D eigenvalue weighted by Gasteiger charge is -2.15. The van der Waals surface area contributed by atoms with Crippen LogP contribution in [0.3, 0.4) is 0 Å². The van der Waals surface area contributed by atoms with E-state index in [4.69, 9.17) is 9.15 Å². The average molecular weight is 465 g/mol. The zero-order valence-corrected chi connectivity index (χ0v) is 18.8. The largest absolute Gasteiger partial charge is 0.493 e. The molecular weight excluding hydrogens is 443 g/mol. The van der Waals surface area contributed by atoms with Crippen LogP contribution >= 0.6 is 0 Å². The van der Waals surface area contributed by atoms with Gasteiger partial charge in [-0.1, -0.05) is 12.1 Å². The molecule has 0 fully saturated rings. The number of hydrogen-bond acceptors (Lipinski definition) is 3. The second-order valence-corrected chi connectivity index (χ2v) is 7.78. The number of furan rings is 1. The molecule has 0 radical (unpaired) electrons. The molecular formula is C27H22F3NO3. The molecule has 1 N–H and O–H groups in total. The quantitative estimate of drug-likeness (QED) is 0.305. The molecule has 34 heavy (non-hydrogen) atoms. The van der Waals surface area contributed by atoms with Crippen molar-refractivity contribution in [3.8, 4) is 16.9 Å². The van der Waals surface area contributed by atoms with Crippen molar-refractivity contribution >= 4 is 28.1 Å². The third kappa shape index (κ3) is 4.55. The number of ether oxygens (including phenoxy) is 1. The monoisotopic (exact) mass is 465 g/mol. The van der Waals surface area contributed by atoms with Gasteiger partial charge in [-0.05, 0) is 62.2 Å². The number of carbonyl (C=O) groups is 1. The van der Waals surface area contributed by atoms with Gasteiger partial charge in [0, 0.05) is 34.2 Å². The number of benzene rings is 3. The summed E-state index contributed by atoms with van der Waals surface area (Å²) in [7, 11) is 0. The first-order valence-corrected chi connectivity index (χ1v) is 10.7. The fourth-order valence-electron chi connectivity index (χ4n) is 3.83. The summed E-state index contributed by atoms with van der Waals surface area (Å²) in [5.41, 5.74) is 3.84. The highest BCUT2D eigenvalue weighted by Gasteiger charge is 2.19. The number of allylic oxidation sites excluding steroid dienone is 1. The molecule has 1 amide bonds. The van der Waals surface area contributed by atoms with Crippen molar-refractivity contribution in [2.24, 2.45) is 0 Å². The molecule has 0 aliphatic rings. The number of nitrogens with one attached hydrogen (secondary N) is 1. The number of anilines is 1. The second kappa shape index (κ2) is 9.47. The average Bonchev–Trinajstić information content (AvgIpc) is 3.23. The van der Waals surface area contributed by atoms with E-state index >= 15 is 0 Å². The highest BCUT2D eigenvalue weighted by Crippen LogP contribution is 2.40. The van der Waals surface area contributed by atoms with E-state index in [-0.39, 0.29) is 11.5 Å². The Balaban J connectivity index is 1.78. The summed E-state index contributed by atoms with van der Waals surface area (Å²) in [4.78, 5) is 12.6. The molecule has 0 saturated heterocycles. The lowest BCUT2D eigenvalue weighted by atomic mass is 9.96. The fourth-order valence-corrected chi connectivity index (χ4v) is 3.83. The molecule has 4 aromatic rings. The van der Waals surface area contributed by atoms with Crippen molar-refractivity contribution in [2.75, 3.05) is 11.9 Å². The van der Waals surface area contributed by atoms with Gasteiger partial charge in [0.2, 0.25) is 5.91 Å². The molecule has 0 atom stereocenters. The van der Waals surface area contributed by atoms with Crippen molar-refractivity contribution in [3.05, 3.63) is 89.4 Å². The maximum absolute atomic E-state index is 13.9. The lowest BCUT2D eigenvalue weighted by molar-refractivity contribution is -0.111. The second-order valence-electron chi connectivity index (χ2n) is 7.78. The molecule has 3 aromatic carbocycles. The predicted octanol–water partition coefficient (Wildman–Crippen LogP) is 7.27. The molecule has 0 aliphatic carbocycles. The zero-order valence-electron chi connectivity index (χ0n) is 18.8. The van der Waals surface area contributed by atoms with E-state index in [0.717, 1.165) is 40.3 Å². The van der Waals surface area contributed by atoms with Gasteiger partial charge < -0.3 is 14.5 Å². The molecule has 0 aliphatic heterocycles. The van der Waals surface area contributed by atoms with Crippen LogP contribution in [-0.2, 0) is 4.79 Å². The van der Waals surface area contributed by atoms with Gasteiger partial charge in [-0.2, -0.15) is 0 Å². The molecule has 0 saturated carbocycles. The Morgan fingerprint density at radius 1 is 1.06 bits per heavy atom. The topological polar surface area (TPSA) is 51.5 Å². The van der Waals surface area contributed by atoms with Crippen molar-refractivity contribution in [1.82, 2.24) is 0 Å². The highest BCUT2D eigenvalue weighted by molar-refractivity contribution is 6.06. The van der Waals surface area contributed by atoms with E-state index in [1.54, 1.807) is 25.3 Å². The van der Waals surface area contributed by atoms with E-state index in [9.17, 15) is 18.0 Å². The minimum atomic E-state index is -0.740. The van der Waals surface area contributed by atoms with Gasteiger partial charge in [0.15, 0.2) is 0 Å². The van der Waals surface area contributed by atoms with Gasteiger partial charge in [-0.3, -0.25) is 4.79 Å². The summed E-state index contributed by atoms with van der Waals surface area (Å²) in [5, 5.41) is 3.14. The Hall–Kier alpha value is -4.00. The first kappa shape index (κ1) is 23.2. The van der Waals surface area contributed by atoms with E-state index in [1.165, 1.54) is 18.2 Å². The van der Waals surface area contributed by atoms with Crippen LogP contribution in [0.25, 0.3) is 27.7 Å². The number of hydrogen-bond donors (Lipinski definition) is 1. The predicted molar refractivity (Wildman–Crippen MR) is 126 cm³/mol.